The van der Waals surface area contributed by atoms with Gasteiger partial charge in [-0.1, -0.05) is 6.92 Å². The number of hydrogen-bond acceptors (Lipinski definition) is 4. The van der Waals surface area contributed by atoms with Crippen molar-refractivity contribution < 1.29 is 23.1 Å². The van der Waals surface area contributed by atoms with E-state index in [0.29, 0.717) is 31.6 Å². The molecule has 0 spiro atoms. The lowest BCUT2D eigenvalue weighted by Crippen LogP contribution is -2.53. The molecule has 0 radical (unpaired) electrons. The van der Waals surface area contributed by atoms with Crippen molar-refractivity contribution in [3.63, 3.8) is 0 Å². The van der Waals surface area contributed by atoms with Crippen molar-refractivity contribution in [2.75, 3.05) is 26.7 Å². The third kappa shape index (κ3) is 4.94. The highest BCUT2D eigenvalue weighted by molar-refractivity contribution is 5.85. The van der Waals surface area contributed by atoms with E-state index in [0.717, 1.165) is 10.7 Å². The summed E-state index contributed by atoms with van der Waals surface area (Å²) in [6.07, 6.45) is -3.77. The number of likely N-dealkylation sites (tertiary alicyclic amines) is 1. The van der Waals surface area contributed by atoms with E-state index in [-0.39, 0.29) is 19.0 Å². The van der Waals surface area contributed by atoms with Crippen LogP contribution in [0.15, 0.2) is 6.07 Å². The average Bonchev–Trinajstić information content (AvgIpc) is 2.88. The summed E-state index contributed by atoms with van der Waals surface area (Å²) in [6.45, 7) is 4.70. The maximum Gasteiger partial charge on any atom is 0.433 e. The fourth-order valence-corrected chi connectivity index (χ4v) is 2.92. The molecule has 1 atom stereocenters. The van der Waals surface area contributed by atoms with Gasteiger partial charge in [0.15, 0.2) is 0 Å². The van der Waals surface area contributed by atoms with Crippen LogP contribution in [0.3, 0.4) is 0 Å². The third-order valence-corrected chi connectivity index (χ3v) is 4.53. The summed E-state index contributed by atoms with van der Waals surface area (Å²) in [5.41, 5.74) is -1.90. The molecule has 1 aliphatic rings. The number of hydrogen-bond donors (Lipinski definition) is 2. The predicted octanol–water partition coefficient (Wildman–Crippen LogP) is 1.42. The molecule has 1 aromatic heterocycles. The van der Waals surface area contributed by atoms with Crippen molar-refractivity contribution in [2.45, 2.75) is 45.0 Å². The van der Waals surface area contributed by atoms with Crippen molar-refractivity contribution in [3.8, 4) is 0 Å². The Morgan fingerprint density at radius 1 is 1.44 bits per heavy atom. The van der Waals surface area contributed by atoms with Crippen LogP contribution in [0.4, 0.5) is 13.2 Å². The number of halogens is 3. The highest BCUT2D eigenvalue weighted by atomic mass is 19.4. The predicted molar refractivity (Wildman–Crippen MR) is 85.8 cm³/mol. The first-order chi connectivity index (χ1) is 11.5. The van der Waals surface area contributed by atoms with Gasteiger partial charge in [0.05, 0.1) is 5.69 Å². The molecule has 2 N–H and O–H groups in total. The number of aromatic nitrogens is 2. The molecular weight excluding hydrogens is 337 g/mol. The Hall–Kier alpha value is -1.61. The van der Waals surface area contributed by atoms with Crippen molar-refractivity contribution in [1.82, 2.24) is 20.0 Å². The molecule has 0 aliphatic carbocycles. The van der Waals surface area contributed by atoms with E-state index >= 15 is 0 Å². The Morgan fingerprint density at radius 3 is 2.60 bits per heavy atom. The minimum atomic E-state index is -4.46. The molecule has 9 heteroatoms. The summed E-state index contributed by atoms with van der Waals surface area (Å²) in [5, 5.41) is 17.0. The van der Waals surface area contributed by atoms with Crippen LogP contribution in [-0.4, -0.2) is 58.0 Å². The summed E-state index contributed by atoms with van der Waals surface area (Å²) < 4.78 is 39.9. The van der Waals surface area contributed by atoms with E-state index < -0.39 is 23.4 Å². The Balaban J connectivity index is 1.91. The molecule has 1 unspecified atom stereocenters. The quantitative estimate of drug-likeness (QED) is 0.831. The molecule has 1 amide bonds. The largest absolute Gasteiger partial charge is 0.433 e. The average molecular weight is 362 g/mol. The maximum atomic E-state index is 13.0. The highest BCUT2D eigenvalue weighted by Crippen LogP contribution is 2.30. The fourth-order valence-electron chi connectivity index (χ4n) is 2.92. The normalized spacial score (nSPS) is 19.6. The van der Waals surface area contributed by atoms with Crippen LogP contribution < -0.4 is 5.32 Å². The Labute approximate surface area is 145 Å². The SMILES string of the molecule is Cc1cc(C(F)(F)F)n(CC(C)CNC(=O)C2(O)CCN(C)CC2)n1. The topological polar surface area (TPSA) is 70.4 Å². The van der Waals surface area contributed by atoms with E-state index in [2.05, 4.69) is 10.4 Å². The summed E-state index contributed by atoms with van der Waals surface area (Å²) >= 11 is 0. The van der Waals surface area contributed by atoms with Gasteiger partial charge in [0.2, 0.25) is 0 Å². The van der Waals surface area contributed by atoms with Crippen molar-refractivity contribution >= 4 is 5.91 Å². The smallest absolute Gasteiger partial charge is 0.380 e. The number of carbonyl (C=O) groups excluding carboxylic acids is 1. The molecule has 1 fully saturated rings. The number of piperidine rings is 1. The molecule has 0 bridgehead atoms. The van der Waals surface area contributed by atoms with Gasteiger partial charge >= 0.3 is 6.18 Å². The standard InChI is InChI=1S/C16H25F3N4O2/c1-11(10-23-13(16(17,18)19)8-12(2)21-23)9-20-14(24)15(25)4-6-22(3)7-5-15/h8,11,25H,4-7,9-10H2,1-3H3,(H,20,24). The van der Waals surface area contributed by atoms with Crippen molar-refractivity contribution in [1.29, 1.82) is 0 Å². The van der Waals surface area contributed by atoms with Crippen LogP contribution in [-0.2, 0) is 17.5 Å². The van der Waals surface area contributed by atoms with E-state index in [9.17, 15) is 23.1 Å². The zero-order valence-corrected chi connectivity index (χ0v) is 14.7. The summed E-state index contributed by atoms with van der Waals surface area (Å²) in [5.74, 6) is -0.723. The molecule has 0 aromatic carbocycles. The zero-order valence-electron chi connectivity index (χ0n) is 14.7. The van der Waals surface area contributed by atoms with Gasteiger partial charge in [-0.05, 0) is 38.8 Å². The van der Waals surface area contributed by atoms with E-state index in [1.165, 1.54) is 6.92 Å². The lowest BCUT2D eigenvalue weighted by atomic mass is 9.90. The zero-order chi connectivity index (χ0) is 18.8. The van der Waals surface area contributed by atoms with Gasteiger partial charge in [-0.25, -0.2) is 0 Å². The van der Waals surface area contributed by atoms with Crippen molar-refractivity contribution in [3.05, 3.63) is 17.5 Å². The number of aryl methyl sites for hydroxylation is 1. The Bertz CT molecular complexity index is 607. The van der Waals surface area contributed by atoms with E-state index in [1.54, 1.807) is 6.92 Å². The molecule has 2 heterocycles. The Kier molecular flexibility index (Phi) is 5.78. The number of nitrogens with one attached hydrogen (secondary N) is 1. The number of nitrogens with zero attached hydrogens (tertiary/aromatic N) is 3. The highest BCUT2D eigenvalue weighted by Gasteiger charge is 2.39. The maximum absolute atomic E-state index is 13.0. The first-order valence-electron chi connectivity index (χ1n) is 8.32. The minimum Gasteiger partial charge on any atom is -0.380 e. The van der Waals surface area contributed by atoms with Gasteiger partial charge in [0.1, 0.15) is 11.3 Å². The first kappa shape index (κ1) is 19.7. The summed E-state index contributed by atoms with van der Waals surface area (Å²) in [6, 6.07) is 1.01. The second kappa shape index (κ2) is 7.33. The number of aliphatic hydroxyl groups is 1. The van der Waals surface area contributed by atoms with Crippen LogP contribution in [0.5, 0.6) is 0 Å². The molecule has 6 nitrogen and oxygen atoms in total. The molecule has 142 valence electrons. The van der Waals surface area contributed by atoms with Gasteiger partial charge in [0, 0.05) is 26.2 Å². The molecule has 1 aromatic rings. The van der Waals surface area contributed by atoms with Gasteiger partial charge in [-0.15, -0.1) is 0 Å². The van der Waals surface area contributed by atoms with Crippen LogP contribution in [0.2, 0.25) is 0 Å². The second-order valence-corrected chi connectivity index (χ2v) is 7.00. The molecule has 2 rings (SSSR count). The lowest BCUT2D eigenvalue weighted by molar-refractivity contribution is -0.145. The fraction of sp³-hybridized carbons (Fsp3) is 0.750. The number of carbonyl (C=O) groups is 1. The molecular formula is C16H25F3N4O2. The van der Waals surface area contributed by atoms with Crippen LogP contribution in [0, 0.1) is 12.8 Å². The third-order valence-electron chi connectivity index (χ3n) is 4.53. The molecule has 0 saturated carbocycles. The molecule has 25 heavy (non-hydrogen) atoms. The molecule has 1 aliphatic heterocycles. The first-order valence-corrected chi connectivity index (χ1v) is 8.32. The van der Waals surface area contributed by atoms with Crippen LogP contribution in [0.1, 0.15) is 31.2 Å². The summed E-state index contributed by atoms with van der Waals surface area (Å²) in [4.78, 5) is 14.3. The van der Waals surface area contributed by atoms with Crippen molar-refractivity contribution in [2.24, 2.45) is 5.92 Å². The monoisotopic (exact) mass is 362 g/mol. The second-order valence-electron chi connectivity index (χ2n) is 7.00. The van der Waals surface area contributed by atoms with Crippen LogP contribution >= 0.6 is 0 Å². The minimum absolute atomic E-state index is 0.0319. The number of amides is 1. The van der Waals surface area contributed by atoms with Crippen LogP contribution in [0.25, 0.3) is 0 Å². The lowest BCUT2D eigenvalue weighted by Gasteiger charge is -2.35. The molecule has 1 saturated heterocycles. The summed E-state index contributed by atoms with van der Waals surface area (Å²) in [7, 11) is 1.92. The number of rotatable bonds is 5. The van der Waals surface area contributed by atoms with Gasteiger partial charge in [0.25, 0.3) is 5.91 Å². The Morgan fingerprint density at radius 2 is 2.04 bits per heavy atom. The number of alkyl halides is 3. The van der Waals surface area contributed by atoms with E-state index in [1.807, 2.05) is 11.9 Å². The van der Waals surface area contributed by atoms with E-state index in [4.69, 9.17) is 0 Å². The van der Waals surface area contributed by atoms with Gasteiger partial charge < -0.3 is 15.3 Å². The van der Waals surface area contributed by atoms with Gasteiger partial charge in [-0.2, -0.15) is 18.3 Å². The van der Waals surface area contributed by atoms with Gasteiger partial charge in [-0.3, -0.25) is 9.48 Å².